The summed E-state index contributed by atoms with van der Waals surface area (Å²) in [6.45, 7) is 0.319. The summed E-state index contributed by atoms with van der Waals surface area (Å²) in [6.07, 6.45) is 1.55. The van der Waals surface area contributed by atoms with Crippen LogP contribution in [0.3, 0.4) is 0 Å². The lowest BCUT2D eigenvalue weighted by Crippen LogP contribution is -2.08. The van der Waals surface area contributed by atoms with Crippen LogP contribution in [0.15, 0.2) is 36.5 Å². The Hall–Kier alpha value is -2.50. The number of rotatable bonds is 4. The number of aromatic nitrogens is 2. The number of hydrogen-bond acceptors (Lipinski definition) is 4. The second-order valence-corrected chi connectivity index (χ2v) is 3.56. The fraction of sp³-hybridized carbons (Fsp3) is 0.0833. The molecule has 0 unspecified atom stereocenters. The number of anilines is 1. The third-order valence-corrected chi connectivity index (χ3v) is 2.30. The van der Waals surface area contributed by atoms with Gasteiger partial charge in [-0.15, -0.1) is 0 Å². The van der Waals surface area contributed by atoms with Crippen molar-refractivity contribution in [3.63, 3.8) is 0 Å². The Labute approximate surface area is 102 Å². The monoisotopic (exact) mass is 247 g/mol. The van der Waals surface area contributed by atoms with Crippen molar-refractivity contribution in [2.24, 2.45) is 0 Å². The van der Waals surface area contributed by atoms with E-state index in [4.69, 9.17) is 5.11 Å². The van der Waals surface area contributed by atoms with Gasteiger partial charge in [-0.3, -0.25) is 0 Å². The highest BCUT2D eigenvalue weighted by atomic mass is 19.1. The normalized spacial score (nSPS) is 10.1. The van der Waals surface area contributed by atoms with Crippen molar-refractivity contribution in [2.75, 3.05) is 5.32 Å². The maximum Gasteiger partial charge on any atom is 0.337 e. The maximum atomic E-state index is 13.0. The van der Waals surface area contributed by atoms with Gasteiger partial charge >= 0.3 is 5.97 Å². The number of aromatic carboxylic acids is 1. The van der Waals surface area contributed by atoms with Gasteiger partial charge in [0.05, 0.1) is 17.8 Å². The van der Waals surface area contributed by atoms with Gasteiger partial charge in [-0.1, -0.05) is 0 Å². The molecule has 1 aromatic carbocycles. The Morgan fingerprint density at radius 2 is 2.22 bits per heavy atom. The number of benzene rings is 1. The highest BCUT2D eigenvalue weighted by molar-refractivity contribution is 5.94. The van der Waals surface area contributed by atoms with Crippen LogP contribution in [0.2, 0.25) is 0 Å². The molecule has 0 aliphatic heterocycles. The molecule has 0 fully saturated rings. The van der Waals surface area contributed by atoms with Crippen LogP contribution in [0.25, 0.3) is 0 Å². The van der Waals surface area contributed by atoms with E-state index in [0.717, 1.165) is 6.07 Å². The quantitative estimate of drug-likeness (QED) is 0.863. The Balaban J connectivity index is 2.17. The smallest absolute Gasteiger partial charge is 0.337 e. The third-order valence-electron chi connectivity index (χ3n) is 2.30. The summed E-state index contributed by atoms with van der Waals surface area (Å²) in [4.78, 5) is 11.0. The van der Waals surface area contributed by atoms with Crippen LogP contribution in [0.4, 0.5) is 10.1 Å². The van der Waals surface area contributed by atoms with Gasteiger partial charge < -0.3 is 10.4 Å². The van der Waals surface area contributed by atoms with Crippen LogP contribution in [0.1, 0.15) is 16.1 Å². The molecule has 6 heteroatoms. The van der Waals surface area contributed by atoms with Crippen LogP contribution >= 0.6 is 0 Å². The van der Waals surface area contributed by atoms with Crippen molar-refractivity contribution in [3.8, 4) is 0 Å². The zero-order valence-electron chi connectivity index (χ0n) is 9.30. The first-order chi connectivity index (χ1) is 8.66. The van der Waals surface area contributed by atoms with Crippen LogP contribution < -0.4 is 5.32 Å². The Bertz CT molecular complexity index is 561. The van der Waals surface area contributed by atoms with Crippen LogP contribution in [-0.4, -0.2) is 21.3 Å². The predicted octanol–water partition coefficient (Wildman–Crippen LogP) is 1.93. The van der Waals surface area contributed by atoms with E-state index in [1.165, 1.54) is 12.1 Å². The van der Waals surface area contributed by atoms with E-state index >= 15 is 0 Å². The number of halogens is 1. The summed E-state index contributed by atoms with van der Waals surface area (Å²) in [7, 11) is 0. The SMILES string of the molecule is O=C(O)c1cc(F)ccc1NCc1cccnn1. The molecule has 0 bridgehead atoms. The number of carbonyl (C=O) groups is 1. The van der Waals surface area contributed by atoms with Crippen molar-refractivity contribution in [1.82, 2.24) is 10.2 Å². The molecular weight excluding hydrogens is 237 g/mol. The molecule has 1 heterocycles. The molecule has 92 valence electrons. The van der Waals surface area contributed by atoms with E-state index in [1.54, 1.807) is 18.3 Å². The van der Waals surface area contributed by atoms with Crippen LogP contribution in [0, 0.1) is 5.82 Å². The van der Waals surface area contributed by atoms with E-state index in [2.05, 4.69) is 15.5 Å². The summed E-state index contributed by atoms with van der Waals surface area (Å²) >= 11 is 0. The molecule has 2 aromatic rings. The third kappa shape index (κ3) is 2.79. The molecule has 0 aliphatic rings. The van der Waals surface area contributed by atoms with E-state index in [-0.39, 0.29) is 5.56 Å². The van der Waals surface area contributed by atoms with Gasteiger partial charge in [0.1, 0.15) is 5.82 Å². The average Bonchev–Trinajstić information content (AvgIpc) is 2.38. The molecule has 0 amide bonds. The largest absolute Gasteiger partial charge is 0.478 e. The van der Waals surface area contributed by atoms with Crippen LogP contribution in [0.5, 0.6) is 0 Å². The zero-order valence-corrected chi connectivity index (χ0v) is 9.30. The molecule has 0 aliphatic carbocycles. The lowest BCUT2D eigenvalue weighted by Gasteiger charge is -2.08. The summed E-state index contributed by atoms with van der Waals surface area (Å²) < 4.78 is 13.0. The first-order valence-electron chi connectivity index (χ1n) is 5.20. The molecule has 0 radical (unpaired) electrons. The van der Waals surface area contributed by atoms with Gasteiger partial charge in [-0.25, -0.2) is 9.18 Å². The van der Waals surface area contributed by atoms with Crippen LogP contribution in [-0.2, 0) is 6.54 Å². The van der Waals surface area contributed by atoms with Gasteiger partial charge in [-0.2, -0.15) is 10.2 Å². The van der Waals surface area contributed by atoms with Crippen molar-refractivity contribution in [2.45, 2.75) is 6.54 Å². The first-order valence-corrected chi connectivity index (χ1v) is 5.20. The predicted molar refractivity (Wildman–Crippen MR) is 62.7 cm³/mol. The Kier molecular flexibility index (Phi) is 3.47. The molecule has 2 N–H and O–H groups in total. The number of nitrogens with one attached hydrogen (secondary N) is 1. The van der Waals surface area contributed by atoms with E-state index < -0.39 is 11.8 Å². The van der Waals surface area contributed by atoms with E-state index in [1.807, 2.05) is 0 Å². The highest BCUT2D eigenvalue weighted by Crippen LogP contribution is 2.17. The fourth-order valence-electron chi connectivity index (χ4n) is 1.46. The maximum absolute atomic E-state index is 13.0. The summed E-state index contributed by atoms with van der Waals surface area (Å²) in [6, 6.07) is 7.04. The van der Waals surface area contributed by atoms with Gasteiger partial charge in [-0.05, 0) is 30.3 Å². The molecule has 0 spiro atoms. The van der Waals surface area contributed by atoms with Crippen molar-refractivity contribution < 1.29 is 14.3 Å². The summed E-state index contributed by atoms with van der Waals surface area (Å²) in [5.74, 6) is -1.77. The molecule has 0 saturated heterocycles. The number of carboxylic acid groups (broad SMARTS) is 1. The topological polar surface area (TPSA) is 75.1 Å². The van der Waals surface area contributed by atoms with Gasteiger partial charge in [0.2, 0.25) is 0 Å². The Morgan fingerprint density at radius 3 is 2.89 bits per heavy atom. The zero-order chi connectivity index (χ0) is 13.0. The second kappa shape index (κ2) is 5.22. The fourth-order valence-corrected chi connectivity index (χ4v) is 1.46. The molecule has 0 atom stereocenters. The molecule has 2 rings (SSSR count). The standard InChI is InChI=1S/C12H10FN3O2/c13-8-3-4-11(10(6-8)12(17)18)14-7-9-2-1-5-15-16-9/h1-6,14H,7H2,(H,17,18). The minimum atomic E-state index is -1.18. The average molecular weight is 247 g/mol. The minimum Gasteiger partial charge on any atom is -0.478 e. The molecule has 5 nitrogen and oxygen atoms in total. The molecule has 1 aromatic heterocycles. The lowest BCUT2D eigenvalue weighted by atomic mass is 10.1. The van der Waals surface area contributed by atoms with Gasteiger partial charge in [0, 0.05) is 11.9 Å². The number of carboxylic acids is 1. The van der Waals surface area contributed by atoms with Crippen molar-refractivity contribution >= 4 is 11.7 Å². The molecule has 0 saturated carbocycles. The van der Waals surface area contributed by atoms with Crippen molar-refractivity contribution in [1.29, 1.82) is 0 Å². The first kappa shape index (κ1) is 12.0. The second-order valence-electron chi connectivity index (χ2n) is 3.56. The van der Waals surface area contributed by atoms with Crippen molar-refractivity contribution in [3.05, 3.63) is 53.6 Å². The lowest BCUT2D eigenvalue weighted by molar-refractivity contribution is 0.0697. The minimum absolute atomic E-state index is 0.112. The summed E-state index contributed by atoms with van der Waals surface area (Å²) in [5, 5.41) is 19.4. The van der Waals surface area contributed by atoms with Gasteiger partial charge in [0.25, 0.3) is 0 Å². The molecule has 18 heavy (non-hydrogen) atoms. The van der Waals surface area contributed by atoms with E-state index in [9.17, 15) is 9.18 Å². The van der Waals surface area contributed by atoms with Gasteiger partial charge in [0.15, 0.2) is 0 Å². The number of hydrogen-bond donors (Lipinski definition) is 2. The molecular formula is C12H10FN3O2. The summed E-state index contributed by atoms with van der Waals surface area (Å²) in [5.41, 5.74) is 0.895. The van der Waals surface area contributed by atoms with E-state index in [0.29, 0.717) is 17.9 Å². The number of nitrogens with zero attached hydrogens (tertiary/aromatic N) is 2. The Morgan fingerprint density at radius 1 is 1.39 bits per heavy atom. The highest BCUT2D eigenvalue weighted by Gasteiger charge is 2.11.